The zero-order chi connectivity index (χ0) is 14.9. The molecule has 4 rings (SSSR count). The highest BCUT2D eigenvalue weighted by Crippen LogP contribution is 2.49. The number of nitrogens with zero attached hydrogens (tertiary/aromatic N) is 1. The van der Waals surface area contributed by atoms with Gasteiger partial charge in [0.25, 0.3) is 0 Å². The van der Waals surface area contributed by atoms with Gasteiger partial charge in [-0.25, -0.2) is 0 Å². The maximum atomic E-state index is 8.91. The first kappa shape index (κ1) is 13.4. The Labute approximate surface area is 129 Å². The topological polar surface area (TPSA) is 58.2 Å². The average molecular weight is 294 g/mol. The minimum absolute atomic E-state index is 0.0822. The van der Waals surface area contributed by atoms with E-state index >= 15 is 0 Å². The molecule has 0 bridgehead atoms. The van der Waals surface area contributed by atoms with Crippen LogP contribution in [0, 0.1) is 17.2 Å². The molecule has 0 amide bonds. The Bertz CT molecular complexity index is 702. The Balaban J connectivity index is 1.75. The fourth-order valence-corrected chi connectivity index (χ4v) is 3.67. The van der Waals surface area contributed by atoms with E-state index in [-0.39, 0.29) is 12.1 Å². The van der Waals surface area contributed by atoms with E-state index in [1.807, 2.05) is 18.2 Å². The van der Waals surface area contributed by atoms with Crippen molar-refractivity contribution in [1.82, 2.24) is 0 Å². The summed E-state index contributed by atoms with van der Waals surface area (Å²) in [4.78, 5) is 0. The Kier molecular flexibility index (Phi) is 3.36. The van der Waals surface area contributed by atoms with Crippen molar-refractivity contribution < 1.29 is 9.15 Å². The number of nitrogens with one attached hydrogen (secondary N) is 1. The van der Waals surface area contributed by atoms with E-state index in [2.05, 4.69) is 23.5 Å². The number of fused-ring (bicyclic) bond motifs is 3. The van der Waals surface area contributed by atoms with Crippen LogP contribution in [0.2, 0.25) is 0 Å². The molecule has 1 fully saturated rings. The van der Waals surface area contributed by atoms with Crippen molar-refractivity contribution in [3.63, 3.8) is 0 Å². The molecule has 1 aromatic heterocycles. The predicted octanol–water partition coefficient (Wildman–Crippen LogP) is 3.98. The Morgan fingerprint density at radius 3 is 3.09 bits per heavy atom. The molecule has 2 aromatic rings. The summed E-state index contributed by atoms with van der Waals surface area (Å²) in [5.74, 6) is 1.33. The summed E-state index contributed by atoms with van der Waals surface area (Å²) in [5.41, 5.74) is 3.32. The van der Waals surface area contributed by atoms with E-state index < -0.39 is 0 Å². The summed E-state index contributed by atoms with van der Waals surface area (Å²) in [5, 5.41) is 12.5. The highest BCUT2D eigenvalue weighted by atomic mass is 16.5. The lowest BCUT2D eigenvalue weighted by Crippen LogP contribution is -2.35. The summed E-state index contributed by atoms with van der Waals surface area (Å²) in [6, 6.07) is 12.5. The second kappa shape index (κ2) is 5.51. The van der Waals surface area contributed by atoms with Gasteiger partial charge in [0.05, 0.1) is 30.9 Å². The Morgan fingerprint density at radius 2 is 2.27 bits per heavy atom. The standard InChI is InChI=1S/C18H18N2O2/c19-8-7-12-5-6-15-14(11-12)18-13(3-1-10-22-18)17(20-15)16-4-2-9-21-16/h2,4-6,9,11,13,17-18,20H,1,3,7,10H2. The van der Waals surface area contributed by atoms with Crippen molar-refractivity contribution in [3.05, 3.63) is 53.5 Å². The molecule has 0 aliphatic carbocycles. The van der Waals surface area contributed by atoms with Crippen LogP contribution in [0.3, 0.4) is 0 Å². The molecule has 0 spiro atoms. The third-order valence-electron chi connectivity index (χ3n) is 4.66. The summed E-state index contributed by atoms with van der Waals surface area (Å²) >= 11 is 0. The third-order valence-corrected chi connectivity index (χ3v) is 4.66. The molecule has 0 radical (unpaired) electrons. The maximum Gasteiger partial charge on any atom is 0.126 e. The highest BCUT2D eigenvalue weighted by Gasteiger charge is 2.40. The molecule has 3 heterocycles. The summed E-state index contributed by atoms with van der Waals surface area (Å²) in [6.07, 6.45) is 4.44. The molecule has 1 saturated heterocycles. The summed E-state index contributed by atoms with van der Waals surface area (Å²) in [7, 11) is 0. The van der Waals surface area contributed by atoms with Crippen molar-refractivity contribution in [2.45, 2.75) is 31.4 Å². The lowest BCUT2D eigenvalue weighted by Gasteiger charge is -2.42. The SMILES string of the molecule is N#CCc1ccc2c(c1)C1OCCCC1C(c1ccco1)N2. The van der Waals surface area contributed by atoms with Gasteiger partial charge in [-0.2, -0.15) is 5.26 Å². The van der Waals surface area contributed by atoms with Gasteiger partial charge in [-0.15, -0.1) is 0 Å². The predicted molar refractivity (Wildman–Crippen MR) is 82.2 cm³/mol. The normalized spacial score (nSPS) is 26.4. The van der Waals surface area contributed by atoms with Crippen LogP contribution in [0.4, 0.5) is 5.69 Å². The van der Waals surface area contributed by atoms with Gasteiger partial charge in [0.1, 0.15) is 5.76 Å². The average Bonchev–Trinajstić information content (AvgIpc) is 3.09. The van der Waals surface area contributed by atoms with E-state index in [1.54, 1.807) is 6.26 Å². The molecular weight excluding hydrogens is 276 g/mol. The number of hydrogen-bond acceptors (Lipinski definition) is 4. The largest absolute Gasteiger partial charge is 0.467 e. The van der Waals surface area contributed by atoms with Crippen LogP contribution in [0.25, 0.3) is 0 Å². The molecule has 0 saturated carbocycles. The first-order valence-electron chi connectivity index (χ1n) is 7.78. The Morgan fingerprint density at radius 1 is 1.32 bits per heavy atom. The van der Waals surface area contributed by atoms with Crippen LogP contribution in [0.15, 0.2) is 41.0 Å². The van der Waals surface area contributed by atoms with Gasteiger partial charge < -0.3 is 14.5 Å². The first-order valence-corrected chi connectivity index (χ1v) is 7.78. The Hall–Kier alpha value is -2.25. The fourth-order valence-electron chi connectivity index (χ4n) is 3.67. The van der Waals surface area contributed by atoms with Crippen molar-refractivity contribution >= 4 is 5.69 Å². The number of rotatable bonds is 2. The van der Waals surface area contributed by atoms with Crippen molar-refractivity contribution in [2.24, 2.45) is 5.92 Å². The van der Waals surface area contributed by atoms with Crippen LogP contribution < -0.4 is 5.32 Å². The summed E-state index contributed by atoms with van der Waals surface area (Å²) in [6.45, 7) is 0.800. The van der Waals surface area contributed by atoms with E-state index in [1.165, 1.54) is 5.56 Å². The minimum atomic E-state index is 0.0822. The number of ether oxygens (including phenoxy) is 1. The fraction of sp³-hybridized carbons (Fsp3) is 0.389. The number of hydrogen-bond donors (Lipinski definition) is 1. The number of benzene rings is 1. The van der Waals surface area contributed by atoms with Crippen LogP contribution in [-0.4, -0.2) is 6.61 Å². The second-order valence-electron chi connectivity index (χ2n) is 5.99. The number of anilines is 1. The van der Waals surface area contributed by atoms with Gasteiger partial charge in [0, 0.05) is 23.8 Å². The minimum Gasteiger partial charge on any atom is -0.467 e. The molecule has 4 nitrogen and oxygen atoms in total. The molecule has 112 valence electrons. The summed E-state index contributed by atoms with van der Waals surface area (Å²) < 4.78 is 11.7. The zero-order valence-corrected chi connectivity index (χ0v) is 12.3. The molecule has 22 heavy (non-hydrogen) atoms. The van der Waals surface area contributed by atoms with Gasteiger partial charge in [-0.1, -0.05) is 12.1 Å². The van der Waals surface area contributed by atoms with Crippen LogP contribution in [-0.2, 0) is 11.2 Å². The number of nitriles is 1. The first-order chi connectivity index (χ1) is 10.9. The molecular formula is C18H18N2O2. The van der Waals surface area contributed by atoms with Gasteiger partial charge in [0.15, 0.2) is 0 Å². The van der Waals surface area contributed by atoms with Gasteiger partial charge in [0.2, 0.25) is 0 Å². The lowest BCUT2D eigenvalue weighted by molar-refractivity contribution is -0.0401. The molecule has 3 unspecified atom stereocenters. The lowest BCUT2D eigenvalue weighted by atomic mass is 9.78. The van der Waals surface area contributed by atoms with Crippen LogP contribution >= 0.6 is 0 Å². The molecule has 2 aliphatic heterocycles. The number of furan rings is 1. The van der Waals surface area contributed by atoms with E-state index in [0.29, 0.717) is 12.3 Å². The van der Waals surface area contributed by atoms with Crippen LogP contribution in [0.5, 0.6) is 0 Å². The van der Waals surface area contributed by atoms with Gasteiger partial charge in [-0.3, -0.25) is 0 Å². The van der Waals surface area contributed by atoms with Gasteiger partial charge >= 0.3 is 0 Å². The maximum absolute atomic E-state index is 8.91. The molecule has 1 N–H and O–H groups in total. The van der Waals surface area contributed by atoms with Crippen molar-refractivity contribution in [2.75, 3.05) is 11.9 Å². The molecule has 3 atom stereocenters. The molecule has 4 heteroatoms. The highest BCUT2D eigenvalue weighted by molar-refractivity contribution is 5.58. The zero-order valence-electron chi connectivity index (χ0n) is 12.3. The molecule has 1 aromatic carbocycles. The van der Waals surface area contributed by atoms with E-state index in [9.17, 15) is 0 Å². The van der Waals surface area contributed by atoms with Crippen molar-refractivity contribution in [1.29, 1.82) is 5.26 Å². The van der Waals surface area contributed by atoms with Crippen LogP contribution in [0.1, 0.15) is 41.9 Å². The van der Waals surface area contributed by atoms with E-state index in [0.717, 1.165) is 36.5 Å². The second-order valence-corrected chi connectivity index (χ2v) is 5.99. The van der Waals surface area contributed by atoms with E-state index in [4.69, 9.17) is 14.4 Å². The molecule has 2 aliphatic rings. The van der Waals surface area contributed by atoms with Crippen molar-refractivity contribution in [3.8, 4) is 6.07 Å². The van der Waals surface area contributed by atoms with Gasteiger partial charge in [-0.05, 0) is 36.6 Å². The smallest absolute Gasteiger partial charge is 0.126 e. The third kappa shape index (κ3) is 2.18. The quantitative estimate of drug-likeness (QED) is 0.910. The monoisotopic (exact) mass is 294 g/mol.